The van der Waals surface area contributed by atoms with Crippen LogP contribution in [-0.2, 0) is 12.0 Å². The molecular weight excluding hydrogens is 246 g/mol. The molecule has 2 aromatic carbocycles. The van der Waals surface area contributed by atoms with Crippen molar-refractivity contribution in [3.63, 3.8) is 0 Å². The fourth-order valence-corrected chi connectivity index (χ4v) is 2.60. The third-order valence-electron chi connectivity index (χ3n) is 3.85. The number of rotatable bonds is 1. The Labute approximate surface area is 120 Å². The van der Waals surface area contributed by atoms with Crippen molar-refractivity contribution in [1.29, 1.82) is 0 Å². The van der Waals surface area contributed by atoms with Gasteiger partial charge in [0.1, 0.15) is 0 Å². The van der Waals surface area contributed by atoms with Gasteiger partial charge >= 0.3 is 0 Å². The lowest BCUT2D eigenvalue weighted by Gasteiger charge is -2.22. The summed E-state index contributed by atoms with van der Waals surface area (Å²) >= 11 is 0. The summed E-state index contributed by atoms with van der Waals surface area (Å²) in [4.78, 5) is 14.3. The second-order valence-electron chi connectivity index (χ2n) is 6.35. The summed E-state index contributed by atoms with van der Waals surface area (Å²) in [5, 5.41) is 0. The van der Waals surface area contributed by atoms with Gasteiger partial charge in [-0.1, -0.05) is 51.1 Å². The van der Waals surface area contributed by atoms with E-state index in [1.165, 1.54) is 5.56 Å². The molecule has 0 bridgehead atoms. The third kappa shape index (κ3) is 2.11. The number of benzene rings is 2. The lowest BCUT2D eigenvalue weighted by molar-refractivity contribution is 0.0996. The maximum atomic E-state index is 12.5. The van der Waals surface area contributed by atoms with Crippen molar-refractivity contribution >= 4 is 11.6 Å². The predicted octanol–water partition coefficient (Wildman–Crippen LogP) is 4.14. The van der Waals surface area contributed by atoms with E-state index in [-0.39, 0.29) is 11.3 Å². The Morgan fingerprint density at radius 2 is 1.75 bits per heavy atom. The molecule has 0 N–H and O–H groups in total. The van der Waals surface area contributed by atoms with Crippen LogP contribution in [0.4, 0.5) is 5.69 Å². The summed E-state index contributed by atoms with van der Waals surface area (Å²) in [6.07, 6.45) is 0. The molecule has 0 aromatic heterocycles. The van der Waals surface area contributed by atoms with Crippen molar-refractivity contribution in [2.75, 3.05) is 4.90 Å². The zero-order chi connectivity index (χ0) is 14.3. The van der Waals surface area contributed by atoms with Crippen LogP contribution in [0.5, 0.6) is 0 Å². The van der Waals surface area contributed by atoms with Crippen LogP contribution in [0.1, 0.15) is 42.3 Å². The number of anilines is 1. The molecule has 2 nitrogen and oxygen atoms in total. The number of hydrogen-bond donors (Lipinski definition) is 0. The fourth-order valence-electron chi connectivity index (χ4n) is 2.60. The Balaban J connectivity index is 1.98. The van der Waals surface area contributed by atoms with Gasteiger partial charge in [-0.25, -0.2) is 0 Å². The van der Waals surface area contributed by atoms with E-state index in [4.69, 9.17) is 0 Å². The van der Waals surface area contributed by atoms with Gasteiger partial charge < -0.3 is 4.90 Å². The third-order valence-corrected chi connectivity index (χ3v) is 3.85. The molecule has 2 heteroatoms. The van der Waals surface area contributed by atoms with E-state index >= 15 is 0 Å². The Kier molecular flexibility index (Phi) is 2.89. The smallest absolute Gasteiger partial charge is 0.258 e. The number of carbonyl (C=O) groups is 1. The number of carbonyl (C=O) groups excluding carboxylic acids is 1. The largest absolute Gasteiger partial charge is 0.304 e. The van der Waals surface area contributed by atoms with Crippen LogP contribution >= 0.6 is 0 Å². The van der Waals surface area contributed by atoms with E-state index in [0.717, 1.165) is 16.8 Å². The molecule has 0 fully saturated rings. The number of amides is 1. The molecule has 0 atom stereocenters. The van der Waals surface area contributed by atoms with Gasteiger partial charge in [-0.2, -0.15) is 0 Å². The summed E-state index contributed by atoms with van der Waals surface area (Å²) in [6, 6.07) is 16.1. The minimum Gasteiger partial charge on any atom is -0.304 e. The summed E-state index contributed by atoms with van der Waals surface area (Å²) < 4.78 is 0. The Morgan fingerprint density at radius 3 is 2.45 bits per heavy atom. The van der Waals surface area contributed by atoms with E-state index in [1.54, 1.807) is 0 Å². The van der Waals surface area contributed by atoms with Crippen molar-refractivity contribution in [3.8, 4) is 0 Å². The Morgan fingerprint density at radius 1 is 1.00 bits per heavy atom. The van der Waals surface area contributed by atoms with Crippen molar-refractivity contribution < 1.29 is 4.79 Å². The maximum Gasteiger partial charge on any atom is 0.258 e. The first-order valence-electron chi connectivity index (χ1n) is 6.97. The highest BCUT2D eigenvalue weighted by molar-refractivity contribution is 6.10. The summed E-state index contributed by atoms with van der Waals surface area (Å²) in [6.45, 7) is 7.23. The van der Waals surface area contributed by atoms with Crippen LogP contribution in [0.15, 0.2) is 48.5 Å². The number of hydrogen-bond acceptors (Lipinski definition) is 1. The van der Waals surface area contributed by atoms with Crippen molar-refractivity contribution in [1.82, 2.24) is 0 Å². The first-order chi connectivity index (χ1) is 9.47. The van der Waals surface area contributed by atoms with E-state index in [2.05, 4.69) is 32.9 Å². The molecule has 0 unspecified atom stereocenters. The number of fused-ring (bicyclic) bond motifs is 1. The van der Waals surface area contributed by atoms with Gasteiger partial charge in [0.2, 0.25) is 0 Å². The highest BCUT2D eigenvalue weighted by Gasteiger charge is 2.28. The SMILES string of the molecule is CC(C)(C)c1cccc(N2Cc3ccccc3C2=O)c1. The van der Waals surface area contributed by atoms with Crippen LogP contribution < -0.4 is 4.90 Å². The van der Waals surface area contributed by atoms with Crippen LogP contribution in [0.2, 0.25) is 0 Å². The second kappa shape index (κ2) is 4.48. The fraction of sp³-hybridized carbons (Fsp3) is 0.278. The van der Waals surface area contributed by atoms with Crippen molar-refractivity contribution in [2.45, 2.75) is 32.7 Å². The Bertz CT molecular complexity index is 667. The molecule has 0 radical (unpaired) electrons. The first-order valence-corrected chi connectivity index (χ1v) is 6.97. The highest BCUT2D eigenvalue weighted by Crippen LogP contribution is 2.31. The molecule has 1 heterocycles. The van der Waals surface area contributed by atoms with Crippen molar-refractivity contribution in [2.24, 2.45) is 0 Å². The van der Waals surface area contributed by atoms with Gasteiger partial charge in [-0.3, -0.25) is 4.79 Å². The molecule has 0 spiro atoms. The quantitative estimate of drug-likeness (QED) is 0.758. The minimum atomic E-state index is 0.0889. The van der Waals surface area contributed by atoms with Gasteiger partial charge in [0.15, 0.2) is 0 Å². The molecule has 1 amide bonds. The Hall–Kier alpha value is -2.09. The van der Waals surface area contributed by atoms with Crippen LogP contribution in [0, 0.1) is 0 Å². The molecule has 102 valence electrons. The average Bonchev–Trinajstić information content (AvgIpc) is 2.76. The van der Waals surface area contributed by atoms with E-state index in [1.807, 2.05) is 41.3 Å². The van der Waals surface area contributed by atoms with Gasteiger partial charge in [-0.05, 0) is 34.7 Å². The highest BCUT2D eigenvalue weighted by atomic mass is 16.2. The molecule has 0 saturated carbocycles. The predicted molar refractivity (Wildman–Crippen MR) is 82.1 cm³/mol. The van der Waals surface area contributed by atoms with Crippen LogP contribution in [0.25, 0.3) is 0 Å². The molecule has 0 aliphatic carbocycles. The van der Waals surface area contributed by atoms with Crippen LogP contribution in [0.3, 0.4) is 0 Å². The first kappa shape index (κ1) is 12.9. The zero-order valence-corrected chi connectivity index (χ0v) is 12.2. The van der Waals surface area contributed by atoms with E-state index in [0.29, 0.717) is 6.54 Å². The average molecular weight is 265 g/mol. The maximum absolute atomic E-state index is 12.5. The van der Waals surface area contributed by atoms with Gasteiger partial charge in [0.25, 0.3) is 5.91 Å². The molecule has 1 aliphatic rings. The minimum absolute atomic E-state index is 0.0889. The molecule has 1 aliphatic heterocycles. The molecule has 2 aromatic rings. The van der Waals surface area contributed by atoms with Gasteiger partial charge in [-0.15, -0.1) is 0 Å². The zero-order valence-electron chi connectivity index (χ0n) is 12.2. The summed E-state index contributed by atoms with van der Waals surface area (Å²) in [5.74, 6) is 0.103. The topological polar surface area (TPSA) is 20.3 Å². The van der Waals surface area contributed by atoms with Crippen molar-refractivity contribution in [3.05, 3.63) is 65.2 Å². The molecule has 20 heavy (non-hydrogen) atoms. The monoisotopic (exact) mass is 265 g/mol. The summed E-state index contributed by atoms with van der Waals surface area (Å²) in [7, 11) is 0. The van der Waals surface area contributed by atoms with E-state index < -0.39 is 0 Å². The lowest BCUT2D eigenvalue weighted by Crippen LogP contribution is -2.23. The lowest BCUT2D eigenvalue weighted by atomic mass is 9.87. The van der Waals surface area contributed by atoms with Gasteiger partial charge in [0.05, 0.1) is 6.54 Å². The molecular formula is C18H19NO. The summed E-state index contributed by atoms with van der Waals surface area (Å²) in [5.41, 5.74) is 4.26. The standard InChI is InChI=1S/C18H19NO/c1-18(2,3)14-8-6-9-15(11-14)19-12-13-7-4-5-10-16(13)17(19)20/h4-11H,12H2,1-3H3. The van der Waals surface area contributed by atoms with Crippen LogP contribution in [-0.4, -0.2) is 5.91 Å². The number of nitrogens with zero attached hydrogens (tertiary/aromatic N) is 1. The molecule has 0 saturated heterocycles. The molecule has 3 rings (SSSR count). The van der Waals surface area contributed by atoms with Gasteiger partial charge in [0, 0.05) is 11.3 Å². The normalized spacial score (nSPS) is 14.6. The second-order valence-corrected chi connectivity index (χ2v) is 6.35. The van der Waals surface area contributed by atoms with E-state index in [9.17, 15) is 4.79 Å².